The van der Waals surface area contributed by atoms with Crippen molar-refractivity contribution >= 4 is 11.9 Å². The van der Waals surface area contributed by atoms with Crippen LogP contribution in [-0.2, 0) is 4.79 Å². The molecule has 2 rings (SSSR count). The number of ether oxygens (including phenoxy) is 1. The van der Waals surface area contributed by atoms with Crippen molar-refractivity contribution in [3.05, 3.63) is 48.3 Å². The monoisotopic (exact) mass is 342 g/mol. The molecular weight excluding hydrogens is 320 g/mol. The Kier molecular flexibility index (Phi) is 5.75. The predicted octanol–water partition coefficient (Wildman–Crippen LogP) is 3.13. The van der Waals surface area contributed by atoms with Gasteiger partial charge in [0.1, 0.15) is 5.75 Å². The zero-order valence-electron chi connectivity index (χ0n) is 14.6. The SMILES string of the molecule is COc1ccc(-c2cncc(C(=O)NC(C)(C)CCC(=O)O)c2)cc1. The number of rotatable bonds is 7. The molecule has 0 spiro atoms. The topological polar surface area (TPSA) is 88.5 Å². The summed E-state index contributed by atoms with van der Waals surface area (Å²) in [4.78, 5) is 27.3. The van der Waals surface area contributed by atoms with E-state index in [1.54, 1.807) is 33.2 Å². The smallest absolute Gasteiger partial charge is 0.303 e. The minimum absolute atomic E-state index is 0.00256. The number of carbonyl (C=O) groups is 2. The Hall–Kier alpha value is -2.89. The van der Waals surface area contributed by atoms with Gasteiger partial charge < -0.3 is 15.2 Å². The van der Waals surface area contributed by atoms with E-state index in [0.29, 0.717) is 12.0 Å². The Bertz CT molecular complexity index is 754. The molecule has 0 atom stereocenters. The molecule has 6 heteroatoms. The van der Waals surface area contributed by atoms with Crippen LogP contribution >= 0.6 is 0 Å². The number of hydrogen-bond donors (Lipinski definition) is 2. The number of methoxy groups -OCH3 is 1. The summed E-state index contributed by atoms with van der Waals surface area (Å²) in [6, 6.07) is 9.24. The van der Waals surface area contributed by atoms with Gasteiger partial charge in [0, 0.05) is 29.9 Å². The lowest BCUT2D eigenvalue weighted by Crippen LogP contribution is -2.43. The van der Waals surface area contributed by atoms with Crippen LogP contribution in [0, 0.1) is 0 Å². The molecule has 0 saturated heterocycles. The van der Waals surface area contributed by atoms with Gasteiger partial charge in [-0.25, -0.2) is 0 Å². The average Bonchev–Trinajstić information content (AvgIpc) is 2.60. The summed E-state index contributed by atoms with van der Waals surface area (Å²) in [6.45, 7) is 3.60. The molecule has 6 nitrogen and oxygen atoms in total. The Labute approximate surface area is 146 Å². The standard InChI is InChI=1S/C19H22N2O4/c1-19(2,9-8-17(22)23)21-18(24)15-10-14(11-20-12-15)13-4-6-16(25-3)7-5-13/h4-7,10-12H,8-9H2,1-3H3,(H,21,24)(H,22,23). The van der Waals surface area contributed by atoms with Crippen molar-refractivity contribution in [2.45, 2.75) is 32.2 Å². The summed E-state index contributed by atoms with van der Waals surface area (Å²) < 4.78 is 5.14. The largest absolute Gasteiger partial charge is 0.497 e. The fourth-order valence-electron chi connectivity index (χ4n) is 2.37. The lowest BCUT2D eigenvalue weighted by Gasteiger charge is -2.25. The number of aromatic nitrogens is 1. The van der Waals surface area contributed by atoms with Crippen molar-refractivity contribution in [1.82, 2.24) is 10.3 Å². The third-order valence-corrected chi connectivity index (χ3v) is 3.84. The van der Waals surface area contributed by atoms with Crippen LogP contribution < -0.4 is 10.1 Å². The van der Waals surface area contributed by atoms with Crippen molar-refractivity contribution in [1.29, 1.82) is 0 Å². The molecule has 2 aromatic rings. The highest BCUT2D eigenvalue weighted by Crippen LogP contribution is 2.22. The van der Waals surface area contributed by atoms with Crippen LogP contribution in [0.5, 0.6) is 5.75 Å². The van der Waals surface area contributed by atoms with E-state index < -0.39 is 11.5 Å². The molecule has 0 bridgehead atoms. The number of hydrogen-bond acceptors (Lipinski definition) is 4. The minimum atomic E-state index is -0.884. The molecule has 25 heavy (non-hydrogen) atoms. The normalized spacial score (nSPS) is 11.0. The quantitative estimate of drug-likeness (QED) is 0.807. The van der Waals surface area contributed by atoms with E-state index in [1.807, 2.05) is 24.3 Å². The van der Waals surface area contributed by atoms with Crippen LogP contribution in [0.3, 0.4) is 0 Å². The van der Waals surface area contributed by atoms with Crippen LogP contribution in [0.4, 0.5) is 0 Å². The molecule has 0 fully saturated rings. The van der Waals surface area contributed by atoms with Gasteiger partial charge in [0.2, 0.25) is 0 Å². The van der Waals surface area contributed by atoms with Crippen LogP contribution in [0.2, 0.25) is 0 Å². The summed E-state index contributed by atoms with van der Waals surface area (Å²) in [6.07, 6.45) is 3.53. The molecule has 132 valence electrons. The fraction of sp³-hybridized carbons (Fsp3) is 0.316. The maximum atomic E-state index is 12.5. The summed E-state index contributed by atoms with van der Waals surface area (Å²) in [5.74, 6) is -0.408. The summed E-state index contributed by atoms with van der Waals surface area (Å²) in [5.41, 5.74) is 1.55. The van der Waals surface area contributed by atoms with Gasteiger partial charge in [-0.15, -0.1) is 0 Å². The molecule has 0 aliphatic carbocycles. The first-order valence-corrected chi connectivity index (χ1v) is 7.94. The third-order valence-electron chi connectivity index (χ3n) is 3.84. The first kappa shape index (κ1) is 18.4. The predicted molar refractivity (Wildman–Crippen MR) is 94.6 cm³/mol. The lowest BCUT2D eigenvalue weighted by molar-refractivity contribution is -0.137. The van der Waals surface area contributed by atoms with Crippen molar-refractivity contribution < 1.29 is 19.4 Å². The number of nitrogens with one attached hydrogen (secondary N) is 1. The highest BCUT2D eigenvalue weighted by Gasteiger charge is 2.22. The second-order valence-electron chi connectivity index (χ2n) is 6.42. The summed E-state index contributed by atoms with van der Waals surface area (Å²) >= 11 is 0. The molecule has 1 aromatic heterocycles. The van der Waals surface area contributed by atoms with E-state index in [4.69, 9.17) is 9.84 Å². The maximum absolute atomic E-state index is 12.5. The number of aliphatic carboxylic acids is 1. The van der Waals surface area contributed by atoms with E-state index in [2.05, 4.69) is 10.3 Å². The molecule has 0 radical (unpaired) electrons. The molecular formula is C19H22N2O4. The van der Waals surface area contributed by atoms with Gasteiger partial charge in [-0.3, -0.25) is 14.6 Å². The molecule has 0 aliphatic rings. The Morgan fingerprint density at radius 1 is 1.16 bits per heavy atom. The Morgan fingerprint density at radius 2 is 1.84 bits per heavy atom. The van der Waals surface area contributed by atoms with Gasteiger partial charge >= 0.3 is 5.97 Å². The van der Waals surface area contributed by atoms with Crippen LogP contribution in [0.1, 0.15) is 37.0 Å². The molecule has 1 aromatic carbocycles. The van der Waals surface area contributed by atoms with Crippen LogP contribution in [0.15, 0.2) is 42.7 Å². The Balaban J connectivity index is 2.14. The fourth-order valence-corrected chi connectivity index (χ4v) is 2.37. The number of carboxylic acids is 1. The van der Waals surface area contributed by atoms with E-state index in [-0.39, 0.29) is 12.3 Å². The zero-order chi connectivity index (χ0) is 18.4. The van der Waals surface area contributed by atoms with Gasteiger partial charge in [0.05, 0.1) is 12.7 Å². The van der Waals surface area contributed by atoms with E-state index in [0.717, 1.165) is 16.9 Å². The molecule has 0 unspecified atom stereocenters. The Morgan fingerprint density at radius 3 is 2.44 bits per heavy atom. The zero-order valence-corrected chi connectivity index (χ0v) is 14.6. The van der Waals surface area contributed by atoms with E-state index in [9.17, 15) is 9.59 Å². The number of nitrogens with zero attached hydrogens (tertiary/aromatic N) is 1. The first-order chi connectivity index (χ1) is 11.8. The van der Waals surface area contributed by atoms with Crippen molar-refractivity contribution in [2.24, 2.45) is 0 Å². The maximum Gasteiger partial charge on any atom is 0.303 e. The lowest BCUT2D eigenvalue weighted by atomic mass is 9.97. The van der Waals surface area contributed by atoms with E-state index in [1.165, 1.54) is 6.20 Å². The second-order valence-corrected chi connectivity index (χ2v) is 6.42. The number of amides is 1. The summed E-state index contributed by atoms with van der Waals surface area (Å²) in [5, 5.41) is 11.7. The number of carbonyl (C=O) groups excluding carboxylic acids is 1. The third kappa shape index (κ3) is 5.31. The minimum Gasteiger partial charge on any atom is -0.497 e. The van der Waals surface area contributed by atoms with E-state index >= 15 is 0 Å². The molecule has 1 amide bonds. The van der Waals surface area contributed by atoms with Gasteiger partial charge in [0.15, 0.2) is 0 Å². The molecule has 0 aliphatic heterocycles. The first-order valence-electron chi connectivity index (χ1n) is 7.94. The average molecular weight is 342 g/mol. The van der Waals surface area contributed by atoms with Gasteiger partial charge in [0.25, 0.3) is 5.91 Å². The van der Waals surface area contributed by atoms with Crippen molar-refractivity contribution in [3.63, 3.8) is 0 Å². The highest BCUT2D eigenvalue weighted by molar-refractivity contribution is 5.95. The molecule has 1 heterocycles. The highest BCUT2D eigenvalue weighted by atomic mass is 16.5. The number of carboxylic acid groups (broad SMARTS) is 1. The number of pyridine rings is 1. The number of benzene rings is 1. The second kappa shape index (κ2) is 7.79. The van der Waals surface area contributed by atoms with Crippen molar-refractivity contribution in [2.75, 3.05) is 7.11 Å². The molecule has 0 saturated carbocycles. The molecule has 2 N–H and O–H groups in total. The van der Waals surface area contributed by atoms with Crippen LogP contribution in [-0.4, -0.2) is 34.6 Å². The van der Waals surface area contributed by atoms with Gasteiger partial charge in [-0.2, -0.15) is 0 Å². The van der Waals surface area contributed by atoms with Gasteiger partial charge in [-0.1, -0.05) is 12.1 Å². The van der Waals surface area contributed by atoms with Crippen LogP contribution in [0.25, 0.3) is 11.1 Å². The van der Waals surface area contributed by atoms with Crippen molar-refractivity contribution in [3.8, 4) is 16.9 Å². The van der Waals surface area contributed by atoms with Gasteiger partial charge in [-0.05, 0) is 44.0 Å². The summed E-state index contributed by atoms with van der Waals surface area (Å²) in [7, 11) is 1.60.